The van der Waals surface area contributed by atoms with Crippen molar-refractivity contribution in [3.05, 3.63) is 86.8 Å². The molecule has 0 aliphatic rings. The minimum Gasteiger partial charge on any atom is -0.308 e. The second-order valence-electron chi connectivity index (χ2n) is 6.60. The van der Waals surface area contributed by atoms with Gasteiger partial charge in [0.25, 0.3) is 5.56 Å². The lowest BCUT2D eigenvalue weighted by Crippen LogP contribution is -2.42. The van der Waals surface area contributed by atoms with Crippen molar-refractivity contribution >= 4 is 22.8 Å². The van der Waals surface area contributed by atoms with Crippen LogP contribution < -0.4 is 16.6 Å². The molecule has 0 fully saturated rings. The summed E-state index contributed by atoms with van der Waals surface area (Å²) in [6.45, 7) is 1.61. The first-order valence-corrected chi connectivity index (χ1v) is 8.97. The van der Waals surface area contributed by atoms with Crippen molar-refractivity contribution in [3.8, 4) is 0 Å². The molecule has 0 aliphatic heterocycles. The first-order valence-electron chi connectivity index (χ1n) is 8.97. The van der Waals surface area contributed by atoms with Crippen LogP contribution in [0.2, 0.25) is 0 Å². The second-order valence-corrected chi connectivity index (χ2v) is 6.60. The number of nitrogens with one attached hydrogen (secondary N) is 2. The number of hydrogen-bond donors (Lipinski definition) is 2. The fraction of sp³-hybridized carbons (Fsp3) is 0.150. The predicted molar refractivity (Wildman–Crippen MR) is 108 cm³/mol. The molecule has 0 saturated heterocycles. The third kappa shape index (κ3) is 3.70. The average Bonchev–Trinajstić information content (AvgIpc) is 3.13. The molecule has 0 atom stereocenters. The van der Waals surface area contributed by atoms with Gasteiger partial charge < -0.3 is 5.32 Å². The number of pyridine rings is 1. The zero-order chi connectivity index (χ0) is 20.4. The summed E-state index contributed by atoms with van der Waals surface area (Å²) in [6, 6.07) is 14.1. The summed E-state index contributed by atoms with van der Waals surface area (Å²) in [6.07, 6.45) is 1.48. The van der Waals surface area contributed by atoms with E-state index in [4.69, 9.17) is 0 Å². The van der Waals surface area contributed by atoms with Crippen LogP contribution in [0.15, 0.2) is 64.3 Å². The molecule has 146 valence electrons. The van der Waals surface area contributed by atoms with Crippen LogP contribution in [-0.2, 0) is 17.9 Å². The quantitative estimate of drug-likeness (QED) is 0.533. The van der Waals surface area contributed by atoms with Crippen LogP contribution >= 0.6 is 0 Å². The van der Waals surface area contributed by atoms with E-state index >= 15 is 0 Å². The fourth-order valence-corrected chi connectivity index (χ4v) is 3.10. The number of aromatic nitrogens is 5. The molecular formula is C20H18N6O3. The summed E-state index contributed by atoms with van der Waals surface area (Å²) < 4.78 is 2.32. The summed E-state index contributed by atoms with van der Waals surface area (Å²) in [5.41, 5.74) is 0.721. The lowest BCUT2D eigenvalue weighted by atomic mass is 10.2. The van der Waals surface area contributed by atoms with Crippen molar-refractivity contribution in [2.24, 2.45) is 0 Å². The molecule has 29 heavy (non-hydrogen) atoms. The van der Waals surface area contributed by atoms with Crippen LogP contribution in [0.25, 0.3) is 11.0 Å². The molecule has 9 nitrogen and oxygen atoms in total. The summed E-state index contributed by atoms with van der Waals surface area (Å²) in [5.74, 6) is -0.0918. The number of carbonyl (C=O) groups is 1. The number of H-pyrrole nitrogens is 1. The molecule has 0 saturated carbocycles. The maximum atomic E-state index is 13.1. The predicted octanol–water partition coefficient (Wildman–Crippen LogP) is 1.28. The van der Waals surface area contributed by atoms with Crippen molar-refractivity contribution in [3.63, 3.8) is 0 Å². The van der Waals surface area contributed by atoms with Crippen LogP contribution in [0.1, 0.15) is 11.3 Å². The Balaban J connectivity index is 1.77. The molecule has 9 heteroatoms. The van der Waals surface area contributed by atoms with Crippen LogP contribution in [-0.4, -0.2) is 30.2 Å². The number of nitrogens with zero attached hydrogens (tertiary/aromatic N) is 4. The summed E-state index contributed by atoms with van der Waals surface area (Å²) in [7, 11) is 0. The van der Waals surface area contributed by atoms with Gasteiger partial charge in [-0.3, -0.25) is 23.8 Å². The van der Waals surface area contributed by atoms with Crippen LogP contribution in [0, 0.1) is 6.92 Å². The van der Waals surface area contributed by atoms with E-state index in [1.165, 1.54) is 10.8 Å². The second kappa shape index (κ2) is 7.55. The van der Waals surface area contributed by atoms with E-state index in [-0.39, 0.29) is 24.1 Å². The van der Waals surface area contributed by atoms with Crippen LogP contribution in [0.4, 0.5) is 5.82 Å². The van der Waals surface area contributed by atoms with Gasteiger partial charge >= 0.3 is 5.69 Å². The minimum absolute atomic E-state index is 0.101. The standard InChI is InChI=1S/C20H18N6O3/c1-13-10-16(24-23-13)22-17(27)12-25-18-15(8-5-9-21-18)19(28)26(20(25)29)11-14-6-3-2-4-7-14/h2-10H,11-12H2,1H3,(H2,22,23,24,27). The number of amides is 1. The maximum Gasteiger partial charge on any atom is 0.333 e. The van der Waals surface area contributed by atoms with Gasteiger partial charge in [-0.25, -0.2) is 9.78 Å². The molecule has 0 bridgehead atoms. The van der Waals surface area contributed by atoms with Gasteiger partial charge in [-0.05, 0) is 24.6 Å². The van der Waals surface area contributed by atoms with Gasteiger partial charge in [-0.1, -0.05) is 30.3 Å². The van der Waals surface area contributed by atoms with Crippen LogP contribution in [0.5, 0.6) is 0 Å². The molecular weight excluding hydrogens is 372 g/mol. The Bertz CT molecular complexity index is 1300. The Kier molecular flexibility index (Phi) is 4.78. The molecule has 0 aliphatic carbocycles. The molecule has 1 aromatic carbocycles. The van der Waals surface area contributed by atoms with E-state index in [1.54, 1.807) is 18.2 Å². The van der Waals surface area contributed by atoms with E-state index in [9.17, 15) is 14.4 Å². The fourth-order valence-electron chi connectivity index (χ4n) is 3.10. The smallest absolute Gasteiger partial charge is 0.308 e. The van der Waals surface area contributed by atoms with E-state index in [2.05, 4.69) is 20.5 Å². The molecule has 0 radical (unpaired) electrons. The number of hydrogen-bond acceptors (Lipinski definition) is 5. The van der Waals surface area contributed by atoms with Crippen LogP contribution in [0.3, 0.4) is 0 Å². The largest absolute Gasteiger partial charge is 0.333 e. The number of aromatic amines is 1. The zero-order valence-electron chi connectivity index (χ0n) is 15.6. The third-order valence-corrected chi connectivity index (χ3v) is 4.44. The van der Waals surface area contributed by atoms with Crippen molar-refractivity contribution in [1.29, 1.82) is 0 Å². The first kappa shape index (κ1) is 18.4. The highest BCUT2D eigenvalue weighted by atomic mass is 16.2. The van der Waals surface area contributed by atoms with Gasteiger partial charge in [0.15, 0.2) is 5.82 Å². The number of rotatable bonds is 5. The molecule has 1 amide bonds. The number of carbonyl (C=O) groups excluding carboxylic acids is 1. The van der Waals surface area contributed by atoms with Crippen molar-refractivity contribution in [2.45, 2.75) is 20.0 Å². The van der Waals surface area contributed by atoms with Gasteiger partial charge in [0.05, 0.1) is 11.9 Å². The third-order valence-electron chi connectivity index (χ3n) is 4.44. The number of aryl methyl sites for hydroxylation is 1. The van der Waals surface area contributed by atoms with Crippen molar-refractivity contribution < 1.29 is 4.79 Å². The number of anilines is 1. The molecule has 3 aromatic heterocycles. The zero-order valence-corrected chi connectivity index (χ0v) is 15.6. The molecule has 2 N–H and O–H groups in total. The lowest BCUT2D eigenvalue weighted by Gasteiger charge is -2.13. The van der Waals surface area contributed by atoms with Gasteiger partial charge in [-0.2, -0.15) is 5.10 Å². The lowest BCUT2D eigenvalue weighted by molar-refractivity contribution is -0.116. The highest BCUT2D eigenvalue weighted by molar-refractivity contribution is 5.90. The highest BCUT2D eigenvalue weighted by Gasteiger charge is 2.17. The Morgan fingerprint density at radius 2 is 1.90 bits per heavy atom. The van der Waals surface area contributed by atoms with E-state index in [0.717, 1.165) is 15.8 Å². The SMILES string of the molecule is Cc1cc(NC(=O)Cn2c(=O)n(Cc3ccccc3)c(=O)c3cccnc32)n[nH]1. The summed E-state index contributed by atoms with van der Waals surface area (Å²) in [5, 5.41) is 9.59. The monoisotopic (exact) mass is 390 g/mol. The first-order chi connectivity index (χ1) is 14.0. The number of benzene rings is 1. The topological polar surface area (TPSA) is 115 Å². The van der Waals surface area contributed by atoms with Gasteiger partial charge in [0.2, 0.25) is 5.91 Å². The molecule has 0 spiro atoms. The Labute approximate surface area is 164 Å². The maximum absolute atomic E-state index is 13.1. The van der Waals surface area contributed by atoms with E-state index in [0.29, 0.717) is 5.82 Å². The molecule has 4 aromatic rings. The Hall–Kier alpha value is -4.01. The molecule has 0 unspecified atom stereocenters. The Morgan fingerprint density at radius 3 is 2.62 bits per heavy atom. The highest BCUT2D eigenvalue weighted by Crippen LogP contribution is 2.07. The van der Waals surface area contributed by atoms with Gasteiger partial charge in [0.1, 0.15) is 12.2 Å². The van der Waals surface area contributed by atoms with E-state index < -0.39 is 17.2 Å². The van der Waals surface area contributed by atoms with Gasteiger partial charge in [-0.15, -0.1) is 0 Å². The van der Waals surface area contributed by atoms with Gasteiger partial charge in [0, 0.05) is 18.0 Å². The summed E-state index contributed by atoms with van der Waals surface area (Å²) >= 11 is 0. The van der Waals surface area contributed by atoms with Crippen molar-refractivity contribution in [1.82, 2.24) is 24.3 Å². The normalized spacial score (nSPS) is 10.9. The number of fused-ring (bicyclic) bond motifs is 1. The molecule has 4 rings (SSSR count). The Morgan fingerprint density at radius 1 is 1.10 bits per heavy atom. The summed E-state index contributed by atoms with van der Waals surface area (Å²) in [4.78, 5) is 42.6. The minimum atomic E-state index is -0.599. The molecule has 3 heterocycles. The van der Waals surface area contributed by atoms with E-state index in [1.807, 2.05) is 37.3 Å². The van der Waals surface area contributed by atoms with Crippen molar-refractivity contribution in [2.75, 3.05) is 5.32 Å². The average molecular weight is 390 g/mol.